The van der Waals surface area contributed by atoms with E-state index in [1.165, 1.54) is 0 Å². The lowest BCUT2D eigenvalue weighted by Gasteiger charge is -2.26. The zero-order chi connectivity index (χ0) is 10.7. The number of likely N-dealkylation sites (tertiary alicyclic amines) is 1. The molecule has 2 saturated heterocycles. The maximum absolute atomic E-state index is 12.1. The van der Waals surface area contributed by atoms with Gasteiger partial charge in [-0.1, -0.05) is 0 Å². The van der Waals surface area contributed by atoms with Crippen LogP contribution in [0.1, 0.15) is 19.3 Å². The van der Waals surface area contributed by atoms with Crippen LogP contribution in [-0.2, 0) is 9.53 Å². The van der Waals surface area contributed by atoms with E-state index in [4.69, 9.17) is 4.74 Å². The third-order valence-electron chi connectivity index (χ3n) is 3.44. The molecule has 4 heteroatoms. The summed E-state index contributed by atoms with van der Waals surface area (Å²) in [5.41, 5.74) is 0. The van der Waals surface area contributed by atoms with Crippen molar-refractivity contribution in [2.75, 3.05) is 33.3 Å². The molecule has 0 bridgehead atoms. The number of carbonyl (C=O) groups is 1. The van der Waals surface area contributed by atoms with Crippen molar-refractivity contribution in [2.45, 2.75) is 25.4 Å². The summed E-state index contributed by atoms with van der Waals surface area (Å²) < 4.78 is 5.27. The van der Waals surface area contributed by atoms with Gasteiger partial charge in [0.05, 0.1) is 12.0 Å². The Morgan fingerprint density at radius 2 is 2.33 bits per heavy atom. The molecular weight excluding hydrogens is 192 g/mol. The van der Waals surface area contributed by atoms with Crippen LogP contribution < -0.4 is 5.32 Å². The van der Waals surface area contributed by atoms with Crippen molar-refractivity contribution in [1.82, 2.24) is 10.2 Å². The number of amides is 1. The van der Waals surface area contributed by atoms with Gasteiger partial charge in [-0.15, -0.1) is 0 Å². The average Bonchev–Trinajstić information content (AvgIpc) is 2.78. The molecule has 15 heavy (non-hydrogen) atoms. The highest BCUT2D eigenvalue weighted by Crippen LogP contribution is 2.18. The maximum Gasteiger partial charge on any atom is 0.227 e. The molecule has 0 aliphatic carbocycles. The Labute approximate surface area is 91.0 Å². The lowest BCUT2D eigenvalue weighted by atomic mass is 9.98. The average molecular weight is 212 g/mol. The molecule has 2 fully saturated rings. The Kier molecular flexibility index (Phi) is 3.59. The number of nitrogens with one attached hydrogen (secondary N) is 1. The van der Waals surface area contributed by atoms with Gasteiger partial charge in [-0.25, -0.2) is 0 Å². The Morgan fingerprint density at radius 3 is 2.93 bits per heavy atom. The molecule has 1 N–H and O–H groups in total. The predicted octanol–water partition coefficient (Wildman–Crippen LogP) is 0.233. The summed E-state index contributed by atoms with van der Waals surface area (Å²) in [6.45, 7) is 3.57. The van der Waals surface area contributed by atoms with Crippen molar-refractivity contribution >= 4 is 5.91 Å². The van der Waals surface area contributed by atoms with E-state index in [0.29, 0.717) is 5.91 Å². The first-order valence-corrected chi connectivity index (χ1v) is 5.83. The molecule has 86 valence electrons. The van der Waals surface area contributed by atoms with Crippen molar-refractivity contribution in [3.8, 4) is 0 Å². The van der Waals surface area contributed by atoms with Gasteiger partial charge in [-0.05, 0) is 25.8 Å². The summed E-state index contributed by atoms with van der Waals surface area (Å²) in [5.74, 6) is 0.524. The Bertz CT molecular complexity index is 227. The van der Waals surface area contributed by atoms with Crippen LogP contribution in [0, 0.1) is 5.92 Å². The fraction of sp³-hybridized carbons (Fsp3) is 0.909. The van der Waals surface area contributed by atoms with Crippen LogP contribution >= 0.6 is 0 Å². The molecule has 4 nitrogen and oxygen atoms in total. The van der Waals surface area contributed by atoms with Gasteiger partial charge in [-0.2, -0.15) is 0 Å². The van der Waals surface area contributed by atoms with Crippen molar-refractivity contribution in [1.29, 1.82) is 0 Å². The van der Waals surface area contributed by atoms with Crippen LogP contribution in [0.4, 0.5) is 0 Å². The van der Waals surface area contributed by atoms with E-state index in [9.17, 15) is 4.79 Å². The van der Waals surface area contributed by atoms with Gasteiger partial charge in [0.2, 0.25) is 5.91 Å². The van der Waals surface area contributed by atoms with Gasteiger partial charge >= 0.3 is 0 Å². The van der Waals surface area contributed by atoms with Crippen molar-refractivity contribution in [3.63, 3.8) is 0 Å². The van der Waals surface area contributed by atoms with Gasteiger partial charge in [-0.3, -0.25) is 4.79 Å². The van der Waals surface area contributed by atoms with Crippen LogP contribution in [-0.4, -0.2) is 50.2 Å². The van der Waals surface area contributed by atoms with Gasteiger partial charge < -0.3 is 15.0 Å². The first-order valence-electron chi connectivity index (χ1n) is 5.83. The molecule has 0 aromatic heterocycles. The van der Waals surface area contributed by atoms with E-state index in [2.05, 4.69) is 5.32 Å². The normalized spacial score (nSPS) is 31.9. The van der Waals surface area contributed by atoms with E-state index in [-0.39, 0.29) is 12.0 Å². The van der Waals surface area contributed by atoms with Gasteiger partial charge in [0.25, 0.3) is 0 Å². The van der Waals surface area contributed by atoms with Crippen molar-refractivity contribution < 1.29 is 9.53 Å². The summed E-state index contributed by atoms with van der Waals surface area (Å²) in [4.78, 5) is 14.1. The quantitative estimate of drug-likeness (QED) is 0.712. The van der Waals surface area contributed by atoms with Gasteiger partial charge in [0.1, 0.15) is 0 Å². The lowest BCUT2D eigenvalue weighted by molar-refractivity contribution is -0.135. The SMILES string of the molecule is COC1CCN(C(=O)[C@@H]2CCCNC2)C1. The first-order chi connectivity index (χ1) is 7.31. The maximum atomic E-state index is 12.1. The van der Waals surface area contributed by atoms with Crippen LogP contribution in [0.5, 0.6) is 0 Å². The minimum Gasteiger partial charge on any atom is -0.380 e. The van der Waals surface area contributed by atoms with Crippen molar-refractivity contribution in [2.24, 2.45) is 5.92 Å². The van der Waals surface area contributed by atoms with Crippen LogP contribution in [0.3, 0.4) is 0 Å². The summed E-state index contributed by atoms with van der Waals surface area (Å²) in [6, 6.07) is 0. The molecule has 2 heterocycles. The molecule has 2 atom stereocenters. The molecular formula is C11H20N2O2. The largest absolute Gasteiger partial charge is 0.380 e. The zero-order valence-electron chi connectivity index (χ0n) is 9.37. The molecule has 0 aromatic rings. The summed E-state index contributed by atoms with van der Waals surface area (Å²) in [6.07, 6.45) is 3.41. The van der Waals surface area contributed by atoms with E-state index in [1.807, 2.05) is 4.90 Å². The fourth-order valence-electron chi connectivity index (χ4n) is 2.44. The van der Waals surface area contributed by atoms with Crippen LogP contribution in [0.2, 0.25) is 0 Å². The number of hydrogen-bond donors (Lipinski definition) is 1. The second kappa shape index (κ2) is 4.94. The first kappa shape index (κ1) is 10.9. The van der Waals surface area contributed by atoms with Crippen LogP contribution in [0.15, 0.2) is 0 Å². The zero-order valence-corrected chi connectivity index (χ0v) is 9.37. The molecule has 0 radical (unpaired) electrons. The smallest absolute Gasteiger partial charge is 0.227 e. The highest BCUT2D eigenvalue weighted by atomic mass is 16.5. The molecule has 2 rings (SSSR count). The second-order valence-corrected chi connectivity index (χ2v) is 4.47. The molecule has 1 unspecified atom stereocenters. The summed E-state index contributed by atoms with van der Waals surface area (Å²) >= 11 is 0. The Hall–Kier alpha value is -0.610. The molecule has 2 aliphatic rings. The fourth-order valence-corrected chi connectivity index (χ4v) is 2.44. The minimum absolute atomic E-state index is 0.203. The monoisotopic (exact) mass is 212 g/mol. The third-order valence-corrected chi connectivity index (χ3v) is 3.44. The molecule has 0 aromatic carbocycles. The topological polar surface area (TPSA) is 41.6 Å². The van der Waals surface area contributed by atoms with Crippen LogP contribution in [0.25, 0.3) is 0 Å². The number of rotatable bonds is 2. The highest BCUT2D eigenvalue weighted by molar-refractivity contribution is 5.79. The predicted molar refractivity (Wildman–Crippen MR) is 57.6 cm³/mol. The molecule has 0 saturated carbocycles. The molecule has 0 spiro atoms. The number of methoxy groups -OCH3 is 1. The Morgan fingerprint density at radius 1 is 1.47 bits per heavy atom. The Balaban J connectivity index is 1.85. The number of carbonyl (C=O) groups excluding carboxylic acids is 1. The van der Waals surface area contributed by atoms with Gasteiger partial charge in [0, 0.05) is 26.7 Å². The lowest BCUT2D eigenvalue weighted by Crippen LogP contribution is -2.42. The van der Waals surface area contributed by atoms with E-state index >= 15 is 0 Å². The number of hydrogen-bond acceptors (Lipinski definition) is 3. The molecule has 2 aliphatic heterocycles. The van der Waals surface area contributed by atoms with E-state index in [0.717, 1.165) is 45.4 Å². The van der Waals surface area contributed by atoms with Crippen molar-refractivity contribution in [3.05, 3.63) is 0 Å². The second-order valence-electron chi connectivity index (χ2n) is 4.47. The van der Waals surface area contributed by atoms with E-state index in [1.54, 1.807) is 7.11 Å². The third kappa shape index (κ3) is 2.49. The van der Waals surface area contributed by atoms with Gasteiger partial charge in [0.15, 0.2) is 0 Å². The molecule has 1 amide bonds. The summed E-state index contributed by atoms with van der Waals surface area (Å²) in [5, 5.41) is 3.29. The summed E-state index contributed by atoms with van der Waals surface area (Å²) in [7, 11) is 1.72. The number of piperidine rings is 1. The number of nitrogens with zero attached hydrogens (tertiary/aromatic N) is 1. The minimum atomic E-state index is 0.203. The number of ether oxygens (including phenoxy) is 1. The highest BCUT2D eigenvalue weighted by Gasteiger charge is 2.31. The standard InChI is InChI=1S/C11H20N2O2/c1-15-10-4-6-13(8-10)11(14)9-3-2-5-12-7-9/h9-10,12H,2-8H2,1H3/t9-,10?/m1/s1. The van der Waals surface area contributed by atoms with E-state index < -0.39 is 0 Å².